The van der Waals surface area contributed by atoms with Crippen molar-refractivity contribution in [2.45, 2.75) is 0 Å². The van der Waals surface area contributed by atoms with E-state index in [0.29, 0.717) is 0 Å². The predicted molar refractivity (Wildman–Crippen MR) is 228 cm³/mol. The third kappa shape index (κ3) is 6.62. The van der Waals surface area contributed by atoms with E-state index in [4.69, 9.17) is 10.4 Å². The standard InChI is InChI=1S/C50H34N2S/c51-50(38-15-5-2-6-16-38)52-46(29-22-34-12-3-1-4-13-34)43-32-41(37-25-23-36(24-26-37)40-28-27-35-14-7-8-17-39(35)30-40)31-42(33-43)44-19-11-21-48-49(44)45-18-9-10-20-47(45)53-48/h1-33,51H/b29-22+,51-50?,52-46?. The number of nitrogens with zero attached hydrogens (tertiary/aromatic N) is 1. The number of hydrogen-bond acceptors (Lipinski definition) is 2. The molecule has 53 heavy (non-hydrogen) atoms. The van der Waals surface area contributed by atoms with Crippen LogP contribution < -0.4 is 0 Å². The van der Waals surface area contributed by atoms with Crippen LogP contribution in [0.1, 0.15) is 16.7 Å². The molecule has 1 heterocycles. The largest absolute Gasteiger partial charge is 0.282 e. The van der Waals surface area contributed by atoms with E-state index in [1.807, 2.05) is 65.9 Å². The number of benzene rings is 8. The van der Waals surface area contributed by atoms with Gasteiger partial charge in [-0.1, -0.05) is 158 Å². The lowest BCUT2D eigenvalue weighted by molar-refractivity contribution is 1.41. The number of fused-ring (bicyclic) bond motifs is 4. The number of thiophene rings is 1. The van der Waals surface area contributed by atoms with Gasteiger partial charge < -0.3 is 0 Å². The summed E-state index contributed by atoms with van der Waals surface area (Å²) >= 11 is 1.83. The van der Waals surface area contributed by atoms with Crippen LogP contribution in [0.5, 0.6) is 0 Å². The van der Waals surface area contributed by atoms with E-state index in [0.717, 1.165) is 39.1 Å². The minimum atomic E-state index is 0.218. The van der Waals surface area contributed by atoms with E-state index in [-0.39, 0.29) is 5.84 Å². The van der Waals surface area contributed by atoms with E-state index in [1.54, 1.807) is 0 Å². The fourth-order valence-corrected chi connectivity index (χ4v) is 8.19. The second-order valence-corrected chi connectivity index (χ2v) is 14.3. The van der Waals surface area contributed by atoms with Crippen molar-refractivity contribution in [1.29, 1.82) is 5.41 Å². The normalized spacial score (nSPS) is 11.9. The summed E-state index contributed by atoms with van der Waals surface area (Å²) in [6.07, 6.45) is 4.12. The molecule has 0 unspecified atom stereocenters. The van der Waals surface area contributed by atoms with Gasteiger partial charge in [-0.3, -0.25) is 5.41 Å². The Balaban J connectivity index is 1.22. The Kier molecular flexibility index (Phi) is 8.61. The summed E-state index contributed by atoms with van der Waals surface area (Å²) in [5.41, 5.74) is 10.4. The topological polar surface area (TPSA) is 36.2 Å². The molecule has 3 heteroatoms. The van der Waals surface area contributed by atoms with Crippen molar-refractivity contribution in [1.82, 2.24) is 0 Å². The van der Waals surface area contributed by atoms with Gasteiger partial charge in [-0.05, 0) is 92.2 Å². The maximum atomic E-state index is 9.04. The SMILES string of the molecule is N=C(N=C(/C=C/c1ccccc1)c1cc(-c2ccc(-c3ccc4ccccc4c3)cc2)cc(-c2cccc3sc4ccccc4c23)c1)c1ccccc1. The zero-order chi connectivity index (χ0) is 35.6. The molecule has 0 fully saturated rings. The van der Waals surface area contributed by atoms with Gasteiger partial charge in [0.1, 0.15) is 0 Å². The number of nitrogens with one attached hydrogen (secondary N) is 1. The highest BCUT2D eigenvalue weighted by Crippen LogP contribution is 2.41. The van der Waals surface area contributed by atoms with E-state index < -0.39 is 0 Å². The van der Waals surface area contributed by atoms with Crippen LogP contribution in [0.25, 0.3) is 70.4 Å². The van der Waals surface area contributed by atoms with Gasteiger partial charge >= 0.3 is 0 Å². The first-order chi connectivity index (χ1) is 26.2. The number of rotatable bonds is 7. The highest BCUT2D eigenvalue weighted by atomic mass is 32.1. The van der Waals surface area contributed by atoms with E-state index in [9.17, 15) is 0 Å². The summed E-state index contributed by atoms with van der Waals surface area (Å²) in [6.45, 7) is 0. The lowest BCUT2D eigenvalue weighted by Gasteiger charge is -2.13. The molecule has 0 bridgehead atoms. The van der Waals surface area contributed by atoms with Crippen molar-refractivity contribution < 1.29 is 0 Å². The minimum Gasteiger partial charge on any atom is -0.282 e. The zero-order valence-corrected chi connectivity index (χ0v) is 29.7. The quantitative estimate of drug-likeness (QED) is 0.127. The lowest BCUT2D eigenvalue weighted by Crippen LogP contribution is -2.04. The Morgan fingerprint density at radius 2 is 1.11 bits per heavy atom. The Hall–Kier alpha value is -6.68. The fraction of sp³-hybridized carbons (Fsp3) is 0. The van der Waals surface area contributed by atoms with Crippen molar-refractivity contribution in [2.75, 3.05) is 0 Å². The minimum absolute atomic E-state index is 0.218. The summed E-state index contributed by atoms with van der Waals surface area (Å²) in [5.74, 6) is 0.218. The molecule has 0 aliphatic carbocycles. The van der Waals surface area contributed by atoms with Crippen LogP contribution >= 0.6 is 11.3 Å². The first-order valence-corrected chi connectivity index (χ1v) is 18.6. The second-order valence-electron chi connectivity index (χ2n) is 13.2. The Morgan fingerprint density at radius 1 is 0.472 bits per heavy atom. The highest BCUT2D eigenvalue weighted by molar-refractivity contribution is 7.25. The van der Waals surface area contributed by atoms with Gasteiger partial charge in [0.15, 0.2) is 5.84 Å². The molecule has 2 nitrogen and oxygen atoms in total. The first-order valence-electron chi connectivity index (χ1n) is 17.8. The summed E-state index contributed by atoms with van der Waals surface area (Å²) in [7, 11) is 0. The zero-order valence-electron chi connectivity index (χ0n) is 28.9. The molecule has 8 aromatic carbocycles. The molecule has 0 radical (unpaired) electrons. The van der Waals surface area contributed by atoms with Crippen LogP contribution in [0, 0.1) is 5.41 Å². The molecule has 0 amide bonds. The van der Waals surface area contributed by atoms with Crippen LogP contribution in [0.2, 0.25) is 0 Å². The molecule has 0 spiro atoms. The molecule has 0 aliphatic heterocycles. The monoisotopic (exact) mass is 694 g/mol. The van der Waals surface area contributed by atoms with E-state index in [2.05, 4.69) is 146 Å². The maximum Gasteiger partial charge on any atom is 0.152 e. The Bertz CT molecular complexity index is 2830. The van der Waals surface area contributed by atoms with Crippen molar-refractivity contribution in [3.05, 3.63) is 211 Å². The average Bonchev–Trinajstić information content (AvgIpc) is 3.62. The first kappa shape index (κ1) is 32.2. The molecule has 0 saturated carbocycles. The van der Waals surface area contributed by atoms with E-state index in [1.165, 1.54) is 47.6 Å². The van der Waals surface area contributed by atoms with Gasteiger partial charge in [0, 0.05) is 31.3 Å². The number of aliphatic imine (C=N–C) groups is 1. The Labute approximate surface area is 313 Å². The number of allylic oxidation sites excluding steroid dienone is 1. The van der Waals surface area contributed by atoms with Crippen LogP contribution in [0.4, 0.5) is 0 Å². The third-order valence-electron chi connectivity index (χ3n) is 9.76. The molecule has 0 atom stereocenters. The summed E-state index contributed by atoms with van der Waals surface area (Å²) < 4.78 is 2.54. The van der Waals surface area contributed by atoms with Crippen LogP contribution in [0.15, 0.2) is 199 Å². The van der Waals surface area contributed by atoms with Crippen molar-refractivity contribution in [3.8, 4) is 33.4 Å². The van der Waals surface area contributed by atoms with Crippen molar-refractivity contribution in [2.24, 2.45) is 4.99 Å². The molecule has 0 saturated heterocycles. The van der Waals surface area contributed by atoms with Crippen LogP contribution in [0.3, 0.4) is 0 Å². The van der Waals surface area contributed by atoms with Gasteiger partial charge in [-0.25, -0.2) is 4.99 Å². The highest BCUT2D eigenvalue weighted by Gasteiger charge is 2.15. The number of hydrogen-bond donors (Lipinski definition) is 1. The molecule has 0 aliphatic rings. The van der Waals surface area contributed by atoms with Gasteiger partial charge in [0.2, 0.25) is 0 Å². The van der Waals surface area contributed by atoms with Crippen LogP contribution in [-0.4, -0.2) is 11.5 Å². The smallest absolute Gasteiger partial charge is 0.152 e. The summed E-state index contributed by atoms with van der Waals surface area (Å²) in [5, 5.41) is 14.0. The predicted octanol–water partition coefficient (Wildman–Crippen LogP) is 13.7. The van der Waals surface area contributed by atoms with Gasteiger partial charge in [-0.2, -0.15) is 0 Å². The van der Waals surface area contributed by atoms with Gasteiger partial charge in [-0.15, -0.1) is 11.3 Å². The second kappa shape index (κ2) is 14.1. The fourth-order valence-electron chi connectivity index (χ4n) is 7.06. The number of amidine groups is 1. The molecule has 1 aromatic heterocycles. The van der Waals surface area contributed by atoms with E-state index >= 15 is 0 Å². The van der Waals surface area contributed by atoms with Gasteiger partial charge in [0.25, 0.3) is 0 Å². The Morgan fingerprint density at radius 3 is 1.92 bits per heavy atom. The molecule has 9 aromatic rings. The third-order valence-corrected chi connectivity index (χ3v) is 10.9. The average molecular weight is 695 g/mol. The maximum absolute atomic E-state index is 9.04. The lowest BCUT2D eigenvalue weighted by atomic mass is 9.91. The molecule has 250 valence electrons. The van der Waals surface area contributed by atoms with Crippen LogP contribution in [-0.2, 0) is 0 Å². The summed E-state index contributed by atoms with van der Waals surface area (Å²) in [6, 6.07) is 66.0. The summed E-state index contributed by atoms with van der Waals surface area (Å²) in [4.78, 5) is 5.00. The van der Waals surface area contributed by atoms with Crippen molar-refractivity contribution in [3.63, 3.8) is 0 Å². The molecule has 1 N–H and O–H groups in total. The molecular formula is C50H34N2S. The van der Waals surface area contributed by atoms with Crippen molar-refractivity contribution >= 4 is 59.9 Å². The van der Waals surface area contributed by atoms with Gasteiger partial charge in [0.05, 0.1) is 5.71 Å². The molecule has 9 rings (SSSR count). The molecular weight excluding hydrogens is 661 g/mol.